The highest BCUT2D eigenvalue weighted by molar-refractivity contribution is 14.1. The van der Waals surface area contributed by atoms with E-state index in [2.05, 4.69) is 32.9 Å². The maximum absolute atomic E-state index is 3.84. The van der Waals surface area contributed by atoms with Gasteiger partial charge in [0.05, 0.1) is 10.9 Å². The molecule has 0 amide bonds. The van der Waals surface area contributed by atoms with E-state index in [-0.39, 0.29) is 0 Å². The zero-order chi connectivity index (χ0) is 4.83. The first-order valence-electron chi connectivity index (χ1n) is 1.63. The summed E-state index contributed by atoms with van der Waals surface area (Å²) in [7, 11) is 1.83. The van der Waals surface area contributed by atoms with Crippen LogP contribution in [0.15, 0.2) is 4.99 Å². The molecule has 0 aliphatic heterocycles. The molecule has 0 saturated carbocycles. The van der Waals surface area contributed by atoms with Gasteiger partial charge in [-0.15, -0.1) is 0 Å². The van der Waals surface area contributed by atoms with Gasteiger partial charge in [0.2, 0.25) is 0 Å². The van der Waals surface area contributed by atoms with Gasteiger partial charge in [-0.2, -0.15) is 0 Å². The van der Waals surface area contributed by atoms with Gasteiger partial charge in [0.15, 0.2) is 0 Å². The third-order valence-corrected chi connectivity index (χ3v) is 0.683. The summed E-state index contributed by atoms with van der Waals surface area (Å²) >= 11 is 2.17. The highest BCUT2D eigenvalue weighted by Gasteiger charge is 1.58. The predicted octanol–water partition coefficient (Wildman–Crippen LogP) is 0.627. The lowest BCUT2D eigenvalue weighted by Gasteiger charge is -1.78. The molecule has 0 bridgehead atoms. The van der Waals surface area contributed by atoms with Crippen molar-refractivity contribution in [3.63, 3.8) is 0 Å². The Morgan fingerprint density at radius 2 is 2.67 bits per heavy atom. The van der Waals surface area contributed by atoms with E-state index in [4.69, 9.17) is 0 Å². The Balaban J connectivity index is 2.73. The molecule has 0 radical (unpaired) electrons. The molecule has 0 spiro atoms. The van der Waals surface area contributed by atoms with E-state index >= 15 is 0 Å². The van der Waals surface area contributed by atoms with Crippen molar-refractivity contribution in [2.75, 3.05) is 11.6 Å². The number of aliphatic imine (C=N–C) groups is 1. The minimum absolute atomic E-state index is 0.832. The number of halogens is 1. The van der Waals surface area contributed by atoms with Crippen molar-refractivity contribution in [2.24, 2.45) is 4.99 Å². The zero-order valence-electron chi connectivity index (χ0n) is 3.61. The Morgan fingerprint density at radius 3 is 2.83 bits per heavy atom. The molecule has 0 aromatic rings. The molecule has 1 N–H and O–H groups in total. The summed E-state index contributed by atoms with van der Waals surface area (Å²) in [5, 5.41) is 2.77. The molecular formula is C3H7IN2. The number of nitrogens with one attached hydrogen (secondary N) is 1. The molecule has 0 heterocycles. The van der Waals surface area contributed by atoms with E-state index in [9.17, 15) is 0 Å². The second-order valence-electron chi connectivity index (χ2n) is 0.720. The van der Waals surface area contributed by atoms with Crippen LogP contribution in [0.4, 0.5) is 0 Å². The summed E-state index contributed by atoms with van der Waals surface area (Å²) in [5.41, 5.74) is 0. The van der Waals surface area contributed by atoms with E-state index in [0.717, 1.165) is 4.55 Å². The van der Waals surface area contributed by atoms with Crippen molar-refractivity contribution in [3.8, 4) is 0 Å². The standard InChI is InChI=1S/C3H7IN2/c1-5-3-6-2-4/h3H,2H2,1H3,(H,5,6). The Hall–Kier alpha value is 0.200. The number of alkyl halides is 1. The van der Waals surface area contributed by atoms with Gasteiger partial charge in [0.1, 0.15) is 0 Å². The summed E-state index contributed by atoms with van der Waals surface area (Å²) in [6.45, 7) is 0. The lowest BCUT2D eigenvalue weighted by Crippen LogP contribution is -1.99. The molecule has 0 unspecified atom stereocenters. The molecule has 2 nitrogen and oxygen atoms in total. The Kier molecular flexibility index (Phi) is 5.37. The van der Waals surface area contributed by atoms with Crippen LogP contribution in [0.3, 0.4) is 0 Å². The van der Waals surface area contributed by atoms with E-state index < -0.39 is 0 Å². The zero-order valence-corrected chi connectivity index (χ0v) is 5.77. The average molecular weight is 198 g/mol. The quantitative estimate of drug-likeness (QED) is 0.227. The third kappa shape index (κ3) is 4.20. The monoisotopic (exact) mass is 198 g/mol. The van der Waals surface area contributed by atoms with Crippen LogP contribution in [0, 0.1) is 0 Å². The fourth-order valence-corrected chi connectivity index (χ4v) is 0.323. The van der Waals surface area contributed by atoms with Crippen LogP contribution >= 0.6 is 22.6 Å². The molecule has 0 rings (SSSR count). The van der Waals surface area contributed by atoms with Gasteiger partial charge in [-0.25, -0.2) is 0 Å². The average Bonchev–Trinajstić information content (AvgIpc) is 1.61. The van der Waals surface area contributed by atoms with Gasteiger partial charge in [-0.1, -0.05) is 22.6 Å². The fraction of sp³-hybridized carbons (Fsp3) is 0.667. The van der Waals surface area contributed by atoms with Crippen molar-refractivity contribution in [1.29, 1.82) is 0 Å². The maximum atomic E-state index is 3.84. The van der Waals surface area contributed by atoms with Gasteiger partial charge in [0, 0.05) is 7.05 Å². The van der Waals surface area contributed by atoms with E-state index in [1.54, 1.807) is 6.34 Å². The molecular weight excluding hydrogens is 191 g/mol. The number of rotatable bonds is 2. The topological polar surface area (TPSA) is 24.4 Å². The molecule has 0 saturated heterocycles. The van der Waals surface area contributed by atoms with Crippen LogP contribution in [-0.4, -0.2) is 17.9 Å². The van der Waals surface area contributed by atoms with Crippen molar-refractivity contribution < 1.29 is 0 Å². The van der Waals surface area contributed by atoms with Crippen LogP contribution in [-0.2, 0) is 0 Å². The van der Waals surface area contributed by atoms with Gasteiger partial charge >= 0.3 is 0 Å². The highest BCUT2D eigenvalue weighted by Crippen LogP contribution is 1.76. The molecule has 0 aliphatic rings. The second kappa shape index (κ2) is 5.20. The van der Waals surface area contributed by atoms with E-state index in [1.165, 1.54) is 0 Å². The molecule has 0 aromatic carbocycles. The van der Waals surface area contributed by atoms with Gasteiger partial charge in [-0.3, -0.25) is 4.99 Å². The van der Waals surface area contributed by atoms with Crippen molar-refractivity contribution in [1.82, 2.24) is 5.32 Å². The second-order valence-corrected chi connectivity index (χ2v) is 1.40. The number of nitrogens with zero attached hydrogens (tertiary/aromatic N) is 1. The summed E-state index contributed by atoms with van der Waals surface area (Å²) in [5.74, 6) is 0. The molecule has 0 aromatic heterocycles. The normalized spacial score (nSPS) is 9.67. The number of hydrogen-bond acceptors (Lipinski definition) is 1. The predicted molar refractivity (Wildman–Crippen MR) is 36.4 cm³/mol. The lowest BCUT2D eigenvalue weighted by molar-refractivity contribution is 1.19. The third-order valence-electron chi connectivity index (χ3n) is 0.289. The van der Waals surface area contributed by atoms with Crippen LogP contribution in [0.2, 0.25) is 0 Å². The van der Waals surface area contributed by atoms with Crippen LogP contribution in [0.5, 0.6) is 0 Å². The van der Waals surface area contributed by atoms with Gasteiger partial charge in [-0.05, 0) is 0 Å². The molecule has 36 valence electrons. The lowest BCUT2D eigenvalue weighted by atomic mass is 11.1. The first kappa shape index (κ1) is 6.20. The maximum Gasteiger partial charge on any atom is 0.0921 e. The molecule has 3 heteroatoms. The first-order valence-corrected chi connectivity index (χ1v) is 3.16. The Morgan fingerprint density at radius 1 is 2.00 bits per heavy atom. The van der Waals surface area contributed by atoms with Crippen molar-refractivity contribution in [2.45, 2.75) is 0 Å². The summed E-state index contributed by atoms with van der Waals surface area (Å²) < 4.78 is 0.832. The minimum atomic E-state index is 0.832. The van der Waals surface area contributed by atoms with Crippen LogP contribution in [0.1, 0.15) is 0 Å². The smallest absolute Gasteiger partial charge is 0.0921 e. The van der Waals surface area contributed by atoms with Crippen molar-refractivity contribution >= 4 is 28.9 Å². The van der Waals surface area contributed by atoms with Gasteiger partial charge < -0.3 is 5.32 Å². The molecule has 0 fully saturated rings. The molecule has 0 atom stereocenters. The Bertz CT molecular complexity index is 38.1. The number of hydrogen-bond donors (Lipinski definition) is 1. The van der Waals surface area contributed by atoms with Gasteiger partial charge in [0.25, 0.3) is 0 Å². The van der Waals surface area contributed by atoms with E-state index in [0.29, 0.717) is 0 Å². The Labute approximate surface area is 51.2 Å². The van der Waals surface area contributed by atoms with Crippen LogP contribution in [0.25, 0.3) is 0 Å². The SMILES string of the molecule is CN/C=N\CI. The molecule has 0 aliphatic carbocycles. The summed E-state index contributed by atoms with van der Waals surface area (Å²) in [6, 6.07) is 0. The highest BCUT2D eigenvalue weighted by atomic mass is 127. The fourth-order valence-electron chi connectivity index (χ4n) is 0.126. The summed E-state index contributed by atoms with van der Waals surface area (Å²) in [4.78, 5) is 3.84. The van der Waals surface area contributed by atoms with Crippen LogP contribution < -0.4 is 5.32 Å². The first-order chi connectivity index (χ1) is 2.91. The summed E-state index contributed by atoms with van der Waals surface area (Å²) in [6.07, 6.45) is 1.67. The van der Waals surface area contributed by atoms with Crippen molar-refractivity contribution in [3.05, 3.63) is 0 Å². The van der Waals surface area contributed by atoms with E-state index in [1.807, 2.05) is 7.05 Å². The largest absolute Gasteiger partial charge is 0.379 e. The molecule has 6 heavy (non-hydrogen) atoms. The minimum Gasteiger partial charge on any atom is -0.379 e.